The van der Waals surface area contributed by atoms with Crippen LogP contribution in [0.2, 0.25) is 0 Å². The highest BCUT2D eigenvalue weighted by Crippen LogP contribution is 2.38. The number of pyridine rings is 1. The van der Waals surface area contributed by atoms with Crippen LogP contribution < -0.4 is 15.9 Å². The monoisotopic (exact) mass is 375 g/mol. The minimum absolute atomic E-state index is 0.139. The Labute approximate surface area is 167 Å². The van der Waals surface area contributed by atoms with E-state index in [0.29, 0.717) is 5.89 Å². The van der Waals surface area contributed by atoms with E-state index in [9.17, 15) is 0 Å². The molecule has 0 saturated carbocycles. The lowest BCUT2D eigenvalue weighted by Gasteiger charge is -2.22. The molecule has 4 nitrogen and oxygen atoms in total. The Balaban J connectivity index is 1.55. The van der Waals surface area contributed by atoms with Crippen molar-refractivity contribution in [1.82, 2.24) is 15.3 Å². The Morgan fingerprint density at radius 3 is 2.76 bits per heavy atom. The Bertz CT molecular complexity index is 1420. The van der Waals surface area contributed by atoms with E-state index in [1.165, 1.54) is 21.9 Å². The van der Waals surface area contributed by atoms with E-state index in [0.717, 1.165) is 21.8 Å². The van der Waals surface area contributed by atoms with Gasteiger partial charge in [0.25, 0.3) is 0 Å². The van der Waals surface area contributed by atoms with Crippen LogP contribution in [0, 0.1) is 0 Å². The van der Waals surface area contributed by atoms with E-state index in [2.05, 4.69) is 69.9 Å². The van der Waals surface area contributed by atoms with Crippen LogP contribution in [0.5, 0.6) is 0 Å². The zero-order valence-corrected chi connectivity index (χ0v) is 15.5. The van der Waals surface area contributed by atoms with Gasteiger partial charge in [-0.1, -0.05) is 48.6 Å². The lowest BCUT2D eigenvalue weighted by atomic mass is 9.82. The second kappa shape index (κ2) is 6.31. The highest BCUT2D eigenvalue weighted by Gasteiger charge is 2.21. The maximum atomic E-state index is 5.56. The summed E-state index contributed by atoms with van der Waals surface area (Å²) in [5.41, 5.74) is 4.54. The zero-order valence-electron chi connectivity index (χ0n) is 15.5. The first-order valence-corrected chi connectivity index (χ1v) is 9.62. The van der Waals surface area contributed by atoms with Gasteiger partial charge in [0.1, 0.15) is 12.0 Å². The minimum Gasteiger partial charge on any atom is -0.443 e. The van der Waals surface area contributed by atoms with Crippen molar-refractivity contribution in [3.8, 4) is 0 Å². The second-order valence-corrected chi connectivity index (χ2v) is 7.21. The van der Waals surface area contributed by atoms with Crippen molar-refractivity contribution in [3.05, 3.63) is 113 Å². The van der Waals surface area contributed by atoms with E-state index in [4.69, 9.17) is 4.42 Å². The number of fused-ring (bicyclic) bond motifs is 1. The first-order chi connectivity index (χ1) is 14.4. The molecule has 1 aliphatic heterocycles. The van der Waals surface area contributed by atoms with Gasteiger partial charge in [-0.2, -0.15) is 0 Å². The topological polar surface area (TPSA) is 51.0 Å². The molecule has 138 valence electrons. The van der Waals surface area contributed by atoms with Gasteiger partial charge in [0.05, 0.1) is 11.5 Å². The summed E-state index contributed by atoms with van der Waals surface area (Å²) in [6.45, 7) is 0. The van der Waals surface area contributed by atoms with Crippen LogP contribution in [0.3, 0.4) is 0 Å². The minimum atomic E-state index is 0.139. The summed E-state index contributed by atoms with van der Waals surface area (Å²) >= 11 is 0. The predicted octanol–water partition coefficient (Wildman–Crippen LogP) is 3.46. The van der Waals surface area contributed by atoms with Crippen LogP contribution in [0.25, 0.3) is 28.6 Å². The molecule has 1 N–H and O–H groups in total. The maximum Gasteiger partial charge on any atom is 0.243 e. The molecule has 0 fully saturated rings. The van der Waals surface area contributed by atoms with Gasteiger partial charge in [-0.05, 0) is 45.7 Å². The van der Waals surface area contributed by atoms with Gasteiger partial charge >= 0.3 is 0 Å². The van der Waals surface area contributed by atoms with Gasteiger partial charge in [-0.25, -0.2) is 4.98 Å². The van der Waals surface area contributed by atoms with Crippen LogP contribution in [-0.2, 0) is 0 Å². The molecule has 3 heterocycles. The molecule has 0 amide bonds. The van der Waals surface area contributed by atoms with Crippen LogP contribution in [0.4, 0.5) is 0 Å². The Hall–Kier alpha value is -3.92. The van der Waals surface area contributed by atoms with Crippen LogP contribution in [0.15, 0.2) is 89.5 Å². The lowest BCUT2D eigenvalue weighted by molar-refractivity contribution is 0.538. The number of nitrogens with zero attached hydrogens (tertiary/aromatic N) is 2. The van der Waals surface area contributed by atoms with Gasteiger partial charge < -0.3 is 9.73 Å². The molecule has 2 aromatic heterocycles. The number of nitrogens with one attached hydrogen (secondary N) is 1. The highest BCUT2D eigenvalue weighted by atomic mass is 16.3. The van der Waals surface area contributed by atoms with E-state index < -0.39 is 0 Å². The highest BCUT2D eigenvalue weighted by molar-refractivity contribution is 5.96. The maximum absolute atomic E-state index is 5.56. The number of allylic oxidation sites excluding steroid dienone is 2. The fraction of sp³-hybridized carbons (Fsp3) is 0.0400. The number of hydrogen-bond acceptors (Lipinski definition) is 4. The largest absolute Gasteiger partial charge is 0.443 e. The Morgan fingerprint density at radius 1 is 0.931 bits per heavy atom. The van der Waals surface area contributed by atoms with E-state index >= 15 is 0 Å². The molecule has 1 aliphatic carbocycles. The average molecular weight is 375 g/mol. The first kappa shape index (κ1) is 16.1. The lowest BCUT2D eigenvalue weighted by Crippen LogP contribution is -2.32. The number of aromatic nitrogens is 2. The molecular formula is C25H17N3O. The summed E-state index contributed by atoms with van der Waals surface area (Å²) in [7, 11) is 0. The third kappa shape index (κ3) is 2.53. The van der Waals surface area contributed by atoms with E-state index in [-0.39, 0.29) is 5.92 Å². The van der Waals surface area contributed by atoms with Crippen LogP contribution in [-0.4, -0.2) is 9.97 Å². The molecule has 1 atom stereocenters. The normalized spacial score (nSPS) is 17.2. The van der Waals surface area contributed by atoms with E-state index in [1.807, 2.05) is 24.5 Å². The SMILES string of the molecule is C1=CC(C2=CNC(c3ncco3)=c3cccnc3=C2)c2cccc3cccc1c23. The second-order valence-electron chi connectivity index (χ2n) is 7.21. The molecule has 6 rings (SSSR count). The molecule has 0 radical (unpaired) electrons. The smallest absolute Gasteiger partial charge is 0.243 e. The van der Waals surface area contributed by atoms with Crippen molar-refractivity contribution in [3.63, 3.8) is 0 Å². The van der Waals surface area contributed by atoms with Crippen molar-refractivity contribution in [1.29, 1.82) is 0 Å². The van der Waals surface area contributed by atoms with Gasteiger partial charge in [0.15, 0.2) is 0 Å². The number of rotatable bonds is 2. The average Bonchev–Trinajstić information content (AvgIpc) is 3.23. The van der Waals surface area contributed by atoms with Gasteiger partial charge in [-0.3, -0.25) is 4.98 Å². The fourth-order valence-electron chi connectivity index (χ4n) is 4.27. The van der Waals surface area contributed by atoms with E-state index in [1.54, 1.807) is 12.5 Å². The molecule has 2 aliphatic rings. The van der Waals surface area contributed by atoms with Crippen molar-refractivity contribution < 1.29 is 4.42 Å². The summed E-state index contributed by atoms with van der Waals surface area (Å²) in [5, 5.41) is 7.89. The molecule has 29 heavy (non-hydrogen) atoms. The van der Waals surface area contributed by atoms with Gasteiger partial charge in [0, 0.05) is 23.5 Å². The molecule has 0 bridgehead atoms. The van der Waals surface area contributed by atoms with Crippen molar-refractivity contribution >= 4 is 28.6 Å². The summed E-state index contributed by atoms with van der Waals surface area (Å²) < 4.78 is 5.56. The standard InChI is InChI=1S/C25H17N3O/c1-4-16-6-2-7-20-19(10-9-17(5-1)23(16)20)18-14-22-21(8-3-11-26-22)24(28-15-18)25-27-12-13-29-25/h1-15,19,28H. The van der Waals surface area contributed by atoms with Crippen LogP contribution in [0.1, 0.15) is 22.9 Å². The summed E-state index contributed by atoms with van der Waals surface area (Å²) in [6.07, 6.45) is 13.7. The number of oxazole rings is 1. The van der Waals surface area contributed by atoms with Crippen molar-refractivity contribution in [2.45, 2.75) is 5.92 Å². The summed E-state index contributed by atoms with van der Waals surface area (Å²) in [4.78, 5) is 8.95. The molecule has 4 heteroatoms. The molecule has 4 aromatic rings. The summed E-state index contributed by atoms with van der Waals surface area (Å²) in [5.74, 6) is 0.691. The molecule has 2 aromatic carbocycles. The number of hydrogen-bond donors (Lipinski definition) is 1. The Morgan fingerprint density at radius 2 is 1.86 bits per heavy atom. The molecular weight excluding hydrogens is 358 g/mol. The summed E-state index contributed by atoms with van der Waals surface area (Å²) in [6, 6.07) is 17.0. The van der Waals surface area contributed by atoms with Crippen LogP contribution >= 0.6 is 0 Å². The third-order valence-electron chi connectivity index (χ3n) is 5.57. The van der Waals surface area contributed by atoms with Gasteiger partial charge in [-0.15, -0.1) is 0 Å². The third-order valence-corrected chi connectivity index (χ3v) is 5.57. The molecule has 1 unspecified atom stereocenters. The number of benzene rings is 2. The van der Waals surface area contributed by atoms with Gasteiger partial charge in [0.2, 0.25) is 5.89 Å². The molecule has 0 spiro atoms. The fourth-order valence-corrected chi connectivity index (χ4v) is 4.27. The zero-order chi connectivity index (χ0) is 19.2. The quantitative estimate of drug-likeness (QED) is 0.583. The first-order valence-electron chi connectivity index (χ1n) is 9.62. The molecule has 0 saturated heterocycles. The van der Waals surface area contributed by atoms with Crippen molar-refractivity contribution in [2.75, 3.05) is 0 Å². The Kier molecular flexibility index (Phi) is 3.50. The predicted molar refractivity (Wildman–Crippen MR) is 114 cm³/mol. The van der Waals surface area contributed by atoms with Crippen molar-refractivity contribution in [2.24, 2.45) is 0 Å².